The van der Waals surface area contributed by atoms with Gasteiger partial charge in [-0.1, -0.05) is 34.9 Å². The van der Waals surface area contributed by atoms with E-state index in [0.717, 1.165) is 5.56 Å². The molecule has 0 unspecified atom stereocenters. The summed E-state index contributed by atoms with van der Waals surface area (Å²) in [7, 11) is 0. The van der Waals surface area contributed by atoms with Gasteiger partial charge in [-0.15, -0.1) is 0 Å². The zero-order valence-electron chi connectivity index (χ0n) is 15.7. The molecule has 0 aromatic heterocycles. The Morgan fingerprint density at radius 1 is 1.04 bits per heavy atom. The van der Waals surface area contributed by atoms with E-state index in [1.807, 2.05) is 31.2 Å². The first-order valence-electron chi connectivity index (χ1n) is 8.65. The lowest BCUT2D eigenvalue weighted by Gasteiger charge is -2.07. The van der Waals surface area contributed by atoms with E-state index in [1.165, 1.54) is 0 Å². The minimum atomic E-state index is -0.208. The van der Waals surface area contributed by atoms with Crippen LogP contribution in [0.5, 0.6) is 5.75 Å². The van der Waals surface area contributed by atoms with Gasteiger partial charge in [0, 0.05) is 17.5 Å². The molecule has 4 nitrogen and oxygen atoms in total. The second-order valence-corrected chi connectivity index (χ2v) is 5.91. The van der Waals surface area contributed by atoms with E-state index in [-0.39, 0.29) is 11.8 Å². The van der Waals surface area contributed by atoms with Gasteiger partial charge >= 0.3 is 5.97 Å². The summed E-state index contributed by atoms with van der Waals surface area (Å²) in [5.74, 6) is 0.461. The Kier molecular flexibility index (Phi) is 10.4. The predicted octanol–water partition coefficient (Wildman–Crippen LogP) is 4.72. The number of benzene rings is 2. The number of carbonyl (C=O) groups is 2. The first-order valence-corrected chi connectivity index (χ1v) is 9.06. The summed E-state index contributed by atoms with van der Waals surface area (Å²) in [6.45, 7) is 7.66. The number of rotatable bonds is 8. The van der Waals surface area contributed by atoms with Crippen LogP contribution in [0.15, 0.2) is 55.1 Å². The molecule has 0 saturated heterocycles. The van der Waals surface area contributed by atoms with Gasteiger partial charge in [-0.2, -0.15) is 0 Å². The molecule has 2 aromatic carbocycles. The third kappa shape index (κ3) is 8.45. The number of thiocarbonyl (C=S) groups is 1. The molecular weight excluding hydrogens is 360 g/mol. The summed E-state index contributed by atoms with van der Waals surface area (Å²) in [6, 6.07) is 14.6. The quantitative estimate of drug-likeness (QED) is 0.285. The van der Waals surface area contributed by atoms with Gasteiger partial charge < -0.3 is 9.47 Å². The van der Waals surface area contributed by atoms with Crippen molar-refractivity contribution in [2.45, 2.75) is 26.7 Å². The smallest absolute Gasteiger partial charge is 0.305 e. The SMILES string of the molecule is C=C=S.CCOC(=O)CCCOc1ccc(C(=O)c2ccc(C)cc2)cc1. The van der Waals surface area contributed by atoms with E-state index in [2.05, 4.69) is 23.8 Å². The first kappa shape index (κ1) is 22.3. The van der Waals surface area contributed by atoms with Crippen LogP contribution < -0.4 is 4.74 Å². The third-order valence-corrected chi connectivity index (χ3v) is 3.53. The van der Waals surface area contributed by atoms with Gasteiger partial charge in [-0.3, -0.25) is 9.59 Å². The molecule has 0 fully saturated rings. The molecule has 0 radical (unpaired) electrons. The van der Waals surface area contributed by atoms with Crippen molar-refractivity contribution in [3.8, 4) is 5.75 Å². The predicted molar refractivity (Wildman–Crippen MR) is 111 cm³/mol. The van der Waals surface area contributed by atoms with Crippen molar-refractivity contribution >= 4 is 29.0 Å². The summed E-state index contributed by atoms with van der Waals surface area (Å²) >= 11 is 4.03. The number of ether oxygens (including phenoxy) is 2. The molecule has 0 atom stereocenters. The Balaban J connectivity index is 0.00000114. The molecule has 27 heavy (non-hydrogen) atoms. The number of aryl methyl sites for hydroxylation is 1. The van der Waals surface area contributed by atoms with Crippen LogP contribution in [0.4, 0.5) is 0 Å². The molecule has 0 amide bonds. The molecule has 2 aromatic rings. The number of hydrogen-bond acceptors (Lipinski definition) is 5. The minimum Gasteiger partial charge on any atom is -0.494 e. The van der Waals surface area contributed by atoms with Gasteiger partial charge in [0.25, 0.3) is 0 Å². The summed E-state index contributed by atoms with van der Waals surface area (Å²) in [5, 5.41) is 2.08. The highest BCUT2D eigenvalue weighted by atomic mass is 32.1. The normalized spacial score (nSPS) is 9.41. The zero-order chi connectivity index (χ0) is 20.1. The monoisotopic (exact) mass is 384 g/mol. The van der Waals surface area contributed by atoms with Crippen LogP contribution in [0.1, 0.15) is 41.3 Å². The Hall–Kier alpha value is -2.75. The Morgan fingerprint density at radius 2 is 1.56 bits per heavy atom. The summed E-state index contributed by atoms with van der Waals surface area (Å²) < 4.78 is 10.4. The second kappa shape index (κ2) is 12.6. The average Bonchev–Trinajstić information content (AvgIpc) is 2.67. The molecule has 2 rings (SSSR count). The van der Waals surface area contributed by atoms with E-state index in [9.17, 15) is 9.59 Å². The standard InChI is InChI=1S/C20H22O4.C2H2S/c1-3-23-19(21)5-4-14-24-18-12-10-17(11-13-18)20(22)16-8-6-15(2)7-9-16;1-2-3/h6-13H,3-5,14H2,1-2H3;1H2. The number of carbonyl (C=O) groups excluding carboxylic acids is 2. The molecule has 0 N–H and O–H groups in total. The van der Waals surface area contributed by atoms with Gasteiger partial charge in [0.2, 0.25) is 0 Å². The van der Waals surface area contributed by atoms with Crippen molar-refractivity contribution in [3.05, 3.63) is 71.8 Å². The Labute approximate surface area is 165 Å². The van der Waals surface area contributed by atoms with Gasteiger partial charge in [0.15, 0.2) is 5.78 Å². The largest absolute Gasteiger partial charge is 0.494 e. The Morgan fingerprint density at radius 3 is 2.07 bits per heavy atom. The van der Waals surface area contributed by atoms with Crippen LogP contribution in [0.2, 0.25) is 0 Å². The molecule has 0 heterocycles. The molecular formula is C22H24O4S. The first-order chi connectivity index (χ1) is 13.0. The Bertz CT molecular complexity index is 758. The van der Waals surface area contributed by atoms with Crippen molar-refractivity contribution in [3.63, 3.8) is 0 Å². The van der Waals surface area contributed by atoms with Crippen LogP contribution in [0, 0.1) is 6.92 Å². The molecule has 0 spiro atoms. The van der Waals surface area contributed by atoms with Gasteiger partial charge in [0.1, 0.15) is 5.75 Å². The highest BCUT2D eigenvalue weighted by Gasteiger charge is 2.09. The van der Waals surface area contributed by atoms with E-state index in [0.29, 0.717) is 42.9 Å². The van der Waals surface area contributed by atoms with Crippen molar-refractivity contribution < 1.29 is 19.1 Å². The molecule has 5 heteroatoms. The fraction of sp³-hybridized carbons (Fsp3) is 0.273. The lowest BCUT2D eigenvalue weighted by molar-refractivity contribution is -0.143. The number of hydrogen-bond donors (Lipinski definition) is 0. The highest BCUT2D eigenvalue weighted by molar-refractivity contribution is 7.78. The van der Waals surface area contributed by atoms with E-state index >= 15 is 0 Å². The molecule has 0 aliphatic rings. The van der Waals surface area contributed by atoms with Gasteiger partial charge in [0.05, 0.1) is 13.2 Å². The van der Waals surface area contributed by atoms with Crippen molar-refractivity contribution in [1.82, 2.24) is 0 Å². The van der Waals surface area contributed by atoms with Crippen LogP contribution in [0.25, 0.3) is 0 Å². The molecule has 0 aliphatic heterocycles. The lowest BCUT2D eigenvalue weighted by atomic mass is 10.0. The van der Waals surface area contributed by atoms with Crippen molar-refractivity contribution in [1.29, 1.82) is 0 Å². The molecule has 0 saturated carbocycles. The van der Waals surface area contributed by atoms with Gasteiger partial charge in [-0.25, -0.2) is 0 Å². The summed E-state index contributed by atoms with van der Waals surface area (Å²) in [5.41, 5.74) is 2.42. The van der Waals surface area contributed by atoms with Crippen LogP contribution in [-0.4, -0.2) is 30.0 Å². The van der Waals surface area contributed by atoms with Crippen LogP contribution >= 0.6 is 12.2 Å². The fourth-order valence-corrected chi connectivity index (χ4v) is 2.21. The molecule has 142 valence electrons. The van der Waals surface area contributed by atoms with E-state index in [1.54, 1.807) is 31.2 Å². The number of esters is 1. The van der Waals surface area contributed by atoms with Gasteiger partial charge in [-0.05, 0) is 63.3 Å². The third-order valence-electron chi connectivity index (χ3n) is 3.53. The molecule has 0 bridgehead atoms. The van der Waals surface area contributed by atoms with E-state index < -0.39 is 0 Å². The average molecular weight is 384 g/mol. The van der Waals surface area contributed by atoms with Crippen molar-refractivity contribution in [2.75, 3.05) is 13.2 Å². The topological polar surface area (TPSA) is 52.6 Å². The van der Waals surface area contributed by atoms with Crippen molar-refractivity contribution in [2.24, 2.45) is 0 Å². The van der Waals surface area contributed by atoms with Crippen LogP contribution in [-0.2, 0) is 9.53 Å². The highest BCUT2D eigenvalue weighted by Crippen LogP contribution is 2.16. The maximum atomic E-state index is 12.4. The second-order valence-electron chi connectivity index (χ2n) is 5.62. The molecule has 0 aliphatic carbocycles. The van der Waals surface area contributed by atoms with Crippen LogP contribution in [0.3, 0.4) is 0 Å². The van der Waals surface area contributed by atoms with E-state index in [4.69, 9.17) is 9.47 Å². The fourth-order valence-electron chi connectivity index (χ4n) is 2.21. The lowest BCUT2D eigenvalue weighted by Crippen LogP contribution is -2.07. The summed E-state index contributed by atoms with van der Waals surface area (Å²) in [6.07, 6.45) is 0.945. The zero-order valence-corrected chi connectivity index (χ0v) is 16.5. The summed E-state index contributed by atoms with van der Waals surface area (Å²) in [4.78, 5) is 23.6. The maximum absolute atomic E-state index is 12.4. The minimum absolute atomic E-state index is 0.0103. The number of ketones is 1. The maximum Gasteiger partial charge on any atom is 0.305 e.